The van der Waals surface area contributed by atoms with Crippen LogP contribution in [0, 0.1) is 0 Å². The summed E-state index contributed by atoms with van der Waals surface area (Å²) in [6, 6.07) is 0. The van der Waals surface area contributed by atoms with E-state index in [1.165, 1.54) is 57.8 Å². The highest BCUT2D eigenvalue weighted by molar-refractivity contribution is 7.47. The number of carbonyl (C=O) groups excluding carboxylic acids is 2. The average molecular weight is 879 g/mol. The van der Waals surface area contributed by atoms with Crippen LogP contribution in [-0.2, 0) is 32.7 Å². The molecule has 0 heterocycles. The van der Waals surface area contributed by atoms with E-state index < -0.39 is 32.5 Å². The first kappa shape index (κ1) is 58.4. The smallest absolute Gasteiger partial charge is 0.462 e. The summed E-state index contributed by atoms with van der Waals surface area (Å²) in [4.78, 5) is 35.4. The molecule has 61 heavy (non-hydrogen) atoms. The number of ether oxygens (including phenoxy) is 2. The van der Waals surface area contributed by atoms with Crippen LogP contribution in [0.3, 0.4) is 0 Å². The van der Waals surface area contributed by atoms with Crippen LogP contribution in [0.4, 0.5) is 0 Å². The second kappa shape index (κ2) is 41.4. The van der Waals surface area contributed by atoms with Gasteiger partial charge in [0.1, 0.15) is 19.8 Å². The Morgan fingerprint density at radius 2 is 1.10 bits per heavy atom. The molecule has 0 aromatic rings. The monoisotopic (exact) mass is 879 g/mol. The van der Waals surface area contributed by atoms with E-state index in [-0.39, 0.29) is 32.2 Å². The van der Waals surface area contributed by atoms with Gasteiger partial charge in [-0.3, -0.25) is 18.6 Å². The Kier molecular flexibility index (Phi) is 39.7. The number of rotatable bonds is 42. The van der Waals surface area contributed by atoms with Crippen molar-refractivity contribution in [1.82, 2.24) is 0 Å². The van der Waals surface area contributed by atoms with Crippen molar-refractivity contribution in [2.24, 2.45) is 0 Å². The number of unbranched alkanes of at least 4 members (excludes halogenated alkanes) is 15. The summed E-state index contributed by atoms with van der Waals surface area (Å²) in [7, 11) is 1.40. The molecule has 0 aliphatic rings. The molecule has 0 radical (unpaired) electrons. The Labute approximate surface area is 372 Å². The lowest BCUT2D eigenvalue weighted by Crippen LogP contribution is -2.37. The Hall–Kier alpha value is -2.59. The largest absolute Gasteiger partial charge is 0.472 e. The van der Waals surface area contributed by atoms with Crippen molar-refractivity contribution < 1.29 is 47.2 Å². The van der Waals surface area contributed by atoms with E-state index >= 15 is 0 Å². The van der Waals surface area contributed by atoms with Gasteiger partial charge in [0.15, 0.2) is 6.10 Å². The van der Waals surface area contributed by atoms with Gasteiger partial charge in [0.25, 0.3) is 0 Å². The number of likely N-dealkylation sites (N-methyl/N-ethyl adjacent to an activating group) is 1. The summed E-state index contributed by atoms with van der Waals surface area (Å²) in [6.07, 6.45) is 48.5. The van der Waals surface area contributed by atoms with E-state index in [0.29, 0.717) is 23.9 Å². The number of hydrogen-bond acceptors (Lipinski definition) is 8. The van der Waals surface area contributed by atoms with Crippen molar-refractivity contribution >= 4 is 19.8 Å². The molecule has 0 fully saturated rings. The summed E-state index contributed by atoms with van der Waals surface area (Å²) in [6.45, 7) is 4.18. The fourth-order valence-electron chi connectivity index (χ4n) is 6.03. The van der Waals surface area contributed by atoms with Gasteiger partial charge in [0.05, 0.1) is 33.9 Å². The zero-order valence-corrected chi connectivity index (χ0v) is 40.1. The molecule has 0 aliphatic heterocycles. The normalized spacial score (nSPS) is 14.7. The lowest BCUT2D eigenvalue weighted by molar-refractivity contribution is -0.870. The number of allylic oxidation sites excluding steroid dienone is 11. The molecule has 0 aromatic carbocycles. The molecule has 3 atom stereocenters. The van der Waals surface area contributed by atoms with Crippen LogP contribution in [0.2, 0.25) is 0 Å². The van der Waals surface area contributed by atoms with Gasteiger partial charge in [-0.2, -0.15) is 0 Å². The standard InChI is InChI=1S/C50H88NO9P/c1-6-8-10-11-12-13-14-15-16-17-18-19-20-21-24-27-30-33-37-41-49(53)57-45-48(46-59-61(55,56)58-44-43-51(3,4)5)60-50(54)42-38-34-31-28-25-22-23-26-29-32-36-40-47(52)39-35-9-7-2/h12-13,15-16,22-23,28-29,31-32,36,40,47-48,52H,6-11,14,17-21,24-27,30,33-35,37-39,41-46H2,1-5H3/p+1/b13-12-,16-15-,23-22-,31-28-,32-29-,40-36+/t47-,48+/m0/s1. The first-order chi connectivity index (χ1) is 29.4. The van der Waals surface area contributed by atoms with Crippen molar-refractivity contribution in [2.45, 2.75) is 187 Å². The fraction of sp³-hybridized carbons (Fsp3) is 0.720. The highest BCUT2D eigenvalue weighted by Gasteiger charge is 2.27. The third-order valence-corrected chi connectivity index (χ3v) is 10.8. The first-order valence-electron chi connectivity index (χ1n) is 23.8. The van der Waals surface area contributed by atoms with E-state index in [0.717, 1.165) is 77.0 Å². The number of aliphatic hydroxyl groups excluding tert-OH is 1. The summed E-state index contributed by atoms with van der Waals surface area (Å²) in [5.41, 5.74) is 0. The van der Waals surface area contributed by atoms with Crippen molar-refractivity contribution in [2.75, 3.05) is 47.5 Å². The summed E-state index contributed by atoms with van der Waals surface area (Å²) in [5, 5.41) is 9.92. The molecule has 0 bridgehead atoms. The second-order valence-corrected chi connectivity index (χ2v) is 18.4. The van der Waals surface area contributed by atoms with Crippen LogP contribution in [0.1, 0.15) is 174 Å². The van der Waals surface area contributed by atoms with Crippen LogP contribution in [0.25, 0.3) is 0 Å². The van der Waals surface area contributed by atoms with Gasteiger partial charge in [0, 0.05) is 12.8 Å². The summed E-state index contributed by atoms with van der Waals surface area (Å²) < 4.78 is 34.3. The topological polar surface area (TPSA) is 129 Å². The minimum atomic E-state index is -4.41. The number of nitrogens with zero attached hydrogens (tertiary/aromatic N) is 1. The third-order valence-electron chi connectivity index (χ3n) is 9.81. The summed E-state index contributed by atoms with van der Waals surface area (Å²) >= 11 is 0. The molecule has 0 aromatic heterocycles. The predicted octanol–water partition coefficient (Wildman–Crippen LogP) is 12.8. The number of esters is 2. The van der Waals surface area contributed by atoms with Crippen molar-refractivity contribution in [3.63, 3.8) is 0 Å². The molecule has 10 nitrogen and oxygen atoms in total. The van der Waals surface area contributed by atoms with Crippen LogP contribution in [-0.4, -0.2) is 86.1 Å². The SMILES string of the molecule is CCCCC/C=C\C/C=C\CCCCCCCCCCCC(=O)OC[C@H](COP(=O)(O)OCC[N+](C)(C)C)OC(=O)CCC/C=C\C/C=C\C/C=C\C=C\[C@@H](O)CCCCC. The Morgan fingerprint density at radius 1 is 0.590 bits per heavy atom. The van der Waals surface area contributed by atoms with Gasteiger partial charge >= 0.3 is 19.8 Å². The predicted molar refractivity (Wildman–Crippen MR) is 253 cm³/mol. The first-order valence-corrected chi connectivity index (χ1v) is 25.3. The van der Waals surface area contributed by atoms with Crippen LogP contribution in [0.5, 0.6) is 0 Å². The van der Waals surface area contributed by atoms with Crippen LogP contribution < -0.4 is 0 Å². The van der Waals surface area contributed by atoms with Gasteiger partial charge in [-0.15, -0.1) is 0 Å². The van der Waals surface area contributed by atoms with Crippen molar-refractivity contribution in [3.05, 3.63) is 72.9 Å². The highest BCUT2D eigenvalue weighted by atomic mass is 31.2. The molecule has 0 amide bonds. The highest BCUT2D eigenvalue weighted by Crippen LogP contribution is 2.43. The number of phosphoric ester groups is 1. The van der Waals surface area contributed by atoms with Gasteiger partial charge in [-0.05, 0) is 70.6 Å². The summed E-state index contributed by atoms with van der Waals surface area (Å²) in [5.74, 6) is -0.899. The minimum Gasteiger partial charge on any atom is -0.462 e. The molecule has 352 valence electrons. The Morgan fingerprint density at radius 3 is 1.70 bits per heavy atom. The fourth-order valence-corrected chi connectivity index (χ4v) is 6.77. The molecule has 0 saturated heterocycles. The third kappa shape index (κ3) is 45.3. The molecular weight excluding hydrogens is 790 g/mol. The maximum atomic E-state index is 12.7. The van der Waals surface area contributed by atoms with E-state index in [4.69, 9.17) is 18.5 Å². The van der Waals surface area contributed by atoms with Gasteiger partial charge in [-0.1, -0.05) is 164 Å². The number of hydrogen-bond donors (Lipinski definition) is 2. The molecule has 0 rings (SSSR count). The maximum Gasteiger partial charge on any atom is 0.472 e. The second-order valence-electron chi connectivity index (χ2n) is 17.0. The van der Waals surface area contributed by atoms with Crippen molar-refractivity contribution in [3.8, 4) is 0 Å². The Balaban J connectivity index is 4.45. The average Bonchev–Trinajstić information content (AvgIpc) is 3.21. The van der Waals surface area contributed by atoms with E-state index in [2.05, 4.69) is 50.3 Å². The van der Waals surface area contributed by atoms with Gasteiger partial charge < -0.3 is 24.0 Å². The number of aliphatic hydroxyl groups is 1. The number of quaternary nitrogens is 1. The lowest BCUT2D eigenvalue weighted by atomic mass is 10.1. The molecule has 11 heteroatoms. The minimum absolute atomic E-state index is 0.00925. The van der Waals surface area contributed by atoms with Crippen LogP contribution >= 0.6 is 7.82 Å². The number of phosphoric acid groups is 1. The van der Waals surface area contributed by atoms with Crippen molar-refractivity contribution in [1.29, 1.82) is 0 Å². The molecule has 1 unspecified atom stereocenters. The van der Waals surface area contributed by atoms with E-state index in [1.54, 1.807) is 0 Å². The molecule has 2 N–H and O–H groups in total. The Bertz CT molecular complexity index is 1280. The zero-order chi connectivity index (χ0) is 45.1. The van der Waals surface area contributed by atoms with E-state index in [9.17, 15) is 24.2 Å². The molecule has 0 saturated carbocycles. The molecule has 0 aliphatic carbocycles. The molecule has 0 spiro atoms. The zero-order valence-electron chi connectivity index (χ0n) is 39.2. The lowest BCUT2D eigenvalue weighted by Gasteiger charge is -2.24. The van der Waals surface area contributed by atoms with Gasteiger partial charge in [0.2, 0.25) is 0 Å². The molecular formula is C50H89NO9P+. The van der Waals surface area contributed by atoms with Crippen LogP contribution in [0.15, 0.2) is 72.9 Å². The quantitative estimate of drug-likeness (QED) is 0.0154. The number of carbonyl (C=O) groups is 2. The maximum absolute atomic E-state index is 12.7. The van der Waals surface area contributed by atoms with Gasteiger partial charge in [-0.25, -0.2) is 4.57 Å². The van der Waals surface area contributed by atoms with E-state index in [1.807, 2.05) is 57.6 Å².